The van der Waals surface area contributed by atoms with E-state index in [1.165, 1.54) is 38.5 Å². The zero-order valence-electron chi connectivity index (χ0n) is 12.6. The lowest BCUT2D eigenvalue weighted by molar-refractivity contribution is 0.0304. The van der Waals surface area contributed by atoms with Gasteiger partial charge in [0, 0.05) is 13.2 Å². The Morgan fingerprint density at radius 1 is 1.00 bits per heavy atom. The van der Waals surface area contributed by atoms with Gasteiger partial charge in [0.25, 0.3) is 0 Å². The Hall–Kier alpha value is -0.0800. The average Bonchev–Trinajstić information content (AvgIpc) is 2.29. The molecule has 0 bridgehead atoms. The monoisotopic (exact) mass is 243 g/mol. The lowest BCUT2D eigenvalue weighted by Crippen LogP contribution is -2.43. The summed E-state index contributed by atoms with van der Waals surface area (Å²) in [5.41, 5.74) is 0. The van der Waals surface area contributed by atoms with E-state index < -0.39 is 0 Å². The largest absolute Gasteiger partial charge is 0.380 e. The van der Waals surface area contributed by atoms with E-state index in [4.69, 9.17) is 4.74 Å². The maximum atomic E-state index is 5.64. The van der Waals surface area contributed by atoms with Gasteiger partial charge in [-0.3, -0.25) is 0 Å². The number of unbranched alkanes of at least 4 members (excludes halogenated alkanes) is 4. The molecule has 0 aliphatic carbocycles. The highest BCUT2D eigenvalue weighted by Gasteiger charge is 2.22. The molecule has 1 N–H and O–H groups in total. The molecular formula is C15H33NO. The highest BCUT2D eigenvalue weighted by Crippen LogP contribution is 2.16. The van der Waals surface area contributed by atoms with Crippen molar-refractivity contribution < 1.29 is 4.74 Å². The number of hydrogen-bond donors (Lipinski definition) is 1. The van der Waals surface area contributed by atoms with Crippen molar-refractivity contribution in [3.8, 4) is 0 Å². The highest BCUT2D eigenvalue weighted by atomic mass is 16.5. The molecule has 0 radical (unpaired) electrons. The summed E-state index contributed by atoms with van der Waals surface area (Å²) < 4.78 is 5.64. The molecule has 0 saturated heterocycles. The molecule has 0 aromatic rings. The van der Waals surface area contributed by atoms with E-state index in [2.05, 4.69) is 33.0 Å². The Kier molecular flexibility index (Phi) is 11.0. The van der Waals surface area contributed by atoms with Crippen LogP contribution in [0.15, 0.2) is 0 Å². The smallest absolute Gasteiger partial charge is 0.0747 e. The maximum absolute atomic E-state index is 5.64. The summed E-state index contributed by atoms with van der Waals surface area (Å²) in [5, 5.41) is 3.58. The topological polar surface area (TPSA) is 21.3 Å². The second-order valence-electron chi connectivity index (χ2n) is 5.31. The Labute approximate surface area is 109 Å². The van der Waals surface area contributed by atoms with Gasteiger partial charge >= 0.3 is 0 Å². The van der Waals surface area contributed by atoms with E-state index in [1.54, 1.807) is 0 Å². The average molecular weight is 243 g/mol. The molecule has 0 saturated carbocycles. The molecule has 2 heteroatoms. The van der Waals surface area contributed by atoms with Crippen LogP contribution in [0.1, 0.15) is 66.2 Å². The fraction of sp³-hybridized carbons (Fsp3) is 1.00. The number of nitrogens with one attached hydrogen (secondary N) is 1. The zero-order valence-corrected chi connectivity index (χ0v) is 12.6. The molecule has 0 aromatic carbocycles. The summed E-state index contributed by atoms with van der Waals surface area (Å²) >= 11 is 0. The van der Waals surface area contributed by atoms with Crippen molar-refractivity contribution in [1.82, 2.24) is 5.32 Å². The fourth-order valence-corrected chi connectivity index (χ4v) is 2.51. The van der Waals surface area contributed by atoms with E-state index in [0.29, 0.717) is 18.1 Å². The first-order chi connectivity index (χ1) is 8.17. The molecule has 104 valence electrons. The molecule has 0 aliphatic rings. The van der Waals surface area contributed by atoms with Gasteiger partial charge in [0.2, 0.25) is 0 Å². The molecular weight excluding hydrogens is 210 g/mol. The third kappa shape index (κ3) is 7.77. The quantitative estimate of drug-likeness (QED) is 0.554. The fourth-order valence-electron chi connectivity index (χ4n) is 2.51. The molecule has 17 heavy (non-hydrogen) atoms. The first-order valence-corrected chi connectivity index (χ1v) is 7.43. The maximum Gasteiger partial charge on any atom is 0.0747 e. The van der Waals surface area contributed by atoms with Gasteiger partial charge in [-0.1, -0.05) is 59.8 Å². The number of likely N-dealkylation sites (N-methyl/N-ethyl adjacent to an activating group) is 1. The van der Waals surface area contributed by atoms with Crippen LogP contribution in [0.25, 0.3) is 0 Å². The standard InChI is InChI=1S/C15H33NO/c1-6-8-9-10-11-12-14(16-7-2)15(17-5)13(3)4/h13-16H,6-12H2,1-5H3. The van der Waals surface area contributed by atoms with Crippen LogP contribution in [0.4, 0.5) is 0 Å². The van der Waals surface area contributed by atoms with Crippen LogP contribution in [-0.4, -0.2) is 25.8 Å². The summed E-state index contributed by atoms with van der Waals surface area (Å²) in [6, 6.07) is 0.520. The van der Waals surface area contributed by atoms with Crippen LogP contribution in [0.5, 0.6) is 0 Å². The van der Waals surface area contributed by atoms with Gasteiger partial charge in [0.05, 0.1) is 6.10 Å². The molecule has 2 unspecified atom stereocenters. The van der Waals surface area contributed by atoms with Gasteiger partial charge in [-0.25, -0.2) is 0 Å². The molecule has 0 fully saturated rings. The van der Waals surface area contributed by atoms with E-state index >= 15 is 0 Å². The van der Waals surface area contributed by atoms with Gasteiger partial charge in [-0.2, -0.15) is 0 Å². The normalized spacial score (nSPS) is 15.2. The van der Waals surface area contributed by atoms with E-state index in [-0.39, 0.29) is 0 Å². The number of methoxy groups -OCH3 is 1. The first-order valence-electron chi connectivity index (χ1n) is 7.43. The number of ether oxygens (including phenoxy) is 1. The second kappa shape index (κ2) is 11.0. The minimum Gasteiger partial charge on any atom is -0.380 e. The molecule has 0 rings (SSSR count). The summed E-state index contributed by atoms with van der Waals surface area (Å²) in [5.74, 6) is 0.583. The molecule has 2 atom stereocenters. The Morgan fingerprint density at radius 2 is 1.65 bits per heavy atom. The minimum absolute atomic E-state index is 0.348. The highest BCUT2D eigenvalue weighted by molar-refractivity contribution is 4.79. The van der Waals surface area contributed by atoms with Gasteiger partial charge in [0.1, 0.15) is 0 Å². The Bertz CT molecular complexity index is 159. The van der Waals surface area contributed by atoms with Crippen LogP contribution in [0, 0.1) is 5.92 Å². The predicted octanol–water partition coefficient (Wildman–Crippen LogP) is 4.00. The van der Waals surface area contributed by atoms with E-state index in [9.17, 15) is 0 Å². The predicted molar refractivity (Wildman–Crippen MR) is 76.5 cm³/mol. The van der Waals surface area contributed by atoms with E-state index in [0.717, 1.165) is 6.54 Å². The zero-order chi connectivity index (χ0) is 13.1. The third-order valence-electron chi connectivity index (χ3n) is 3.41. The number of rotatable bonds is 11. The third-order valence-corrected chi connectivity index (χ3v) is 3.41. The summed E-state index contributed by atoms with van der Waals surface area (Å²) in [4.78, 5) is 0. The molecule has 0 aromatic heterocycles. The van der Waals surface area contributed by atoms with E-state index in [1.807, 2.05) is 7.11 Å². The van der Waals surface area contributed by atoms with Crippen molar-refractivity contribution in [1.29, 1.82) is 0 Å². The molecule has 0 amide bonds. The number of hydrogen-bond acceptors (Lipinski definition) is 2. The van der Waals surface area contributed by atoms with Gasteiger partial charge in [0.15, 0.2) is 0 Å². The lowest BCUT2D eigenvalue weighted by atomic mass is 9.94. The first kappa shape index (κ1) is 16.9. The Balaban J connectivity index is 3.95. The van der Waals surface area contributed by atoms with Crippen molar-refractivity contribution in [3.05, 3.63) is 0 Å². The molecule has 0 aliphatic heterocycles. The van der Waals surface area contributed by atoms with Crippen LogP contribution in [0.2, 0.25) is 0 Å². The van der Waals surface area contributed by atoms with Crippen molar-refractivity contribution in [2.75, 3.05) is 13.7 Å². The van der Waals surface area contributed by atoms with Crippen molar-refractivity contribution in [2.24, 2.45) is 5.92 Å². The molecule has 0 heterocycles. The SMILES string of the molecule is CCCCCCCC(NCC)C(OC)C(C)C. The van der Waals surface area contributed by atoms with Crippen LogP contribution in [-0.2, 0) is 4.74 Å². The minimum atomic E-state index is 0.348. The molecule has 0 spiro atoms. The summed E-state index contributed by atoms with van der Waals surface area (Å²) in [6.45, 7) is 9.97. The Morgan fingerprint density at radius 3 is 2.12 bits per heavy atom. The van der Waals surface area contributed by atoms with Crippen molar-refractivity contribution >= 4 is 0 Å². The van der Waals surface area contributed by atoms with Crippen LogP contribution < -0.4 is 5.32 Å². The van der Waals surface area contributed by atoms with Gasteiger partial charge < -0.3 is 10.1 Å². The van der Waals surface area contributed by atoms with Crippen LogP contribution in [0.3, 0.4) is 0 Å². The molecule has 2 nitrogen and oxygen atoms in total. The van der Waals surface area contributed by atoms with Crippen LogP contribution >= 0.6 is 0 Å². The van der Waals surface area contributed by atoms with Crippen molar-refractivity contribution in [2.45, 2.75) is 78.4 Å². The second-order valence-corrected chi connectivity index (χ2v) is 5.31. The summed E-state index contributed by atoms with van der Waals surface area (Å²) in [6.07, 6.45) is 8.37. The van der Waals surface area contributed by atoms with Gasteiger partial charge in [-0.05, 0) is 18.9 Å². The lowest BCUT2D eigenvalue weighted by Gasteiger charge is -2.29. The van der Waals surface area contributed by atoms with Crippen molar-refractivity contribution in [3.63, 3.8) is 0 Å². The summed E-state index contributed by atoms with van der Waals surface area (Å²) in [7, 11) is 1.84. The van der Waals surface area contributed by atoms with Gasteiger partial charge in [-0.15, -0.1) is 0 Å².